The molecule has 0 bridgehead atoms. The van der Waals surface area contributed by atoms with E-state index in [1.807, 2.05) is 18.2 Å². The van der Waals surface area contributed by atoms with E-state index in [1.165, 1.54) is 13.3 Å². The SMILES string of the molecule is COC(=O)c1cccc(C#Cc2cccc(NC(=O)c3cncc(Br)c3)c2)c1. The normalized spacial score (nSPS) is 9.79. The molecular formula is C22H15BrN2O3. The van der Waals surface area contributed by atoms with Gasteiger partial charge in [-0.25, -0.2) is 4.79 Å². The summed E-state index contributed by atoms with van der Waals surface area (Å²) in [5.74, 6) is 5.38. The first-order chi connectivity index (χ1) is 13.5. The first-order valence-corrected chi connectivity index (χ1v) is 9.07. The Kier molecular flexibility index (Phi) is 6.20. The number of anilines is 1. The second-order valence-electron chi connectivity index (χ2n) is 5.75. The monoisotopic (exact) mass is 434 g/mol. The molecule has 0 atom stereocenters. The lowest BCUT2D eigenvalue weighted by Gasteiger charge is -2.05. The summed E-state index contributed by atoms with van der Waals surface area (Å²) < 4.78 is 5.45. The van der Waals surface area contributed by atoms with E-state index in [0.29, 0.717) is 22.4 Å². The second-order valence-corrected chi connectivity index (χ2v) is 6.66. The fraction of sp³-hybridized carbons (Fsp3) is 0.0455. The summed E-state index contributed by atoms with van der Waals surface area (Å²) >= 11 is 3.30. The molecule has 0 unspecified atom stereocenters. The number of carbonyl (C=O) groups is 2. The summed E-state index contributed by atoms with van der Waals surface area (Å²) in [5.41, 5.74) is 2.94. The first-order valence-electron chi connectivity index (χ1n) is 8.27. The molecule has 28 heavy (non-hydrogen) atoms. The number of nitrogens with one attached hydrogen (secondary N) is 1. The van der Waals surface area contributed by atoms with Gasteiger partial charge in [0.25, 0.3) is 5.91 Å². The number of benzene rings is 2. The highest BCUT2D eigenvalue weighted by molar-refractivity contribution is 9.10. The minimum absolute atomic E-state index is 0.260. The van der Waals surface area contributed by atoms with Gasteiger partial charge in [0.1, 0.15) is 0 Å². The molecule has 2 aromatic carbocycles. The highest BCUT2D eigenvalue weighted by atomic mass is 79.9. The van der Waals surface area contributed by atoms with Gasteiger partial charge in [0.15, 0.2) is 0 Å². The number of pyridine rings is 1. The Morgan fingerprint density at radius 2 is 1.68 bits per heavy atom. The molecule has 5 nitrogen and oxygen atoms in total. The number of hydrogen-bond donors (Lipinski definition) is 1. The maximum atomic E-state index is 12.3. The van der Waals surface area contributed by atoms with Crippen molar-refractivity contribution in [3.8, 4) is 11.8 Å². The Bertz CT molecular complexity index is 1100. The van der Waals surface area contributed by atoms with Gasteiger partial charge in [0, 0.05) is 33.7 Å². The standard InChI is InChI=1S/C22H15BrN2O3/c1-28-22(27)17-6-2-4-15(10-17)8-9-16-5-3-7-20(11-16)25-21(26)18-12-19(23)14-24-13-18/h2-7,10-14H,1H3,(H,25,26). The van der Waals surface area contributed by atoms with Gasteiger partial charge in [0.2, 0.25) is 0 Å². The van der Waals surface area contributed by atoms with Gasteiger partial charge in [-0.2, -0.15) is 0 Å². The van der Waals surface area contributed by atoms with Gasteiger partial charge in [-0.3, -0.25) is 9.78 Å². The zero-order valence-corrected chi connectivity index (χ0v) is 16.5. The Hall–Kier alpha value is -3.43. The van der Waals surface area contributed by atoms with Crippen molar-refractivity contribution in [3.63, 3.8) is 0 Å². The fourth-order valence-electron chi connectivity index (χ4n) is 2.40. The van der Waals surface area contributed by atoms with Crippen molar-refractivity contribution >= 4 is 33.5 Å². The van der Waals surface area contributed by atoms with E-state index in [2.05, 4.69) is 38.1 Å². The molecule has 1 aromatic heterocycles. The molecule has 0 aliphatic rings. The highest BCUT2D eigenvalue weighted by Crippen LogP contribution is 2.14. The number of amides is 1. The van der Waals surface area contributed by atoms with Crippen molar-refractivity contribution in [2.45, 2.75) is 0 Å². The number of methoxy groups -OCH3 is 1. The number of ether oxygens (including phenoxy) is 1. The molecule has 1 N–H and O–H groups in total. The zero-order chi connectivity index (χ0) is 19.9. The quantitative estimate of drug-likeness (QED) is 0.493. The van der Waals surface area contributed by atoms with Gasteiger partial charge in [-0.05, 0) is 58.4 Å². The lowest BCUT2D eigenvalue weighted by Crippen LogP contribution is -2.12. The summed E-state index contributed by atoms with van der Waals surface area (Å²) in [5, 5.41) is 2.83. The van der Waals surface area contributed by atoms with Crippen molar-refractivity contribution in [1.82, 2.24) is 4.98 Å². The summed E-state index contributed by atoms with van der Waals surface area (Å²) in [4.78, 5) is 27.9. The van der Waals surface area contributed by atoms with Crippen molar-refractivity contribution < 1.29 is 14.3 Å². The van der Waals surface area contributed by atoms with Crippen LogP contribution < -0.4 is 5.32 Å². The molecule has 138 valence electrons. The maximum absolute atomic E-state index is 12.3. The van der Waals surface area contributed by atoms with Crippen LogP contribution in [0.1, 0.15) is 31.8 Å². The van der Waals surface area contributed by atoms with Crippen LogP contribution in [0.15, 0.2) is 71.5 Å². The molecule has 0 saturated heterocycles. The van der Waals surface area contributed by atoms with Crippen LogP contribution in [0.5, 0.6) is 0 Å². The second kappa shape index (κ2) is 8.98. The van der Waals surface area contributed by atoms with E-state index in [9.17, 15) is 9.59 Å². The predicted molar refractivity (Wildman–Crippen MR) is 110 cm³/mol. The highest BCUT2D eigenvalue weighted by Gasteiger charge is 2.07. The lowest BCUT2D eigenvalue weighted by molar-refractivity contribution is 0.0600. The van der Waals surface area contributed by atoms with Gasteiger partial charge >= 0.3 is 5.97 Å². The Morgan fingerprint density at radius 1 is 0.964 bits per heavy atom. The van der Waals surface area contributed by atoms with E-state index < -0.39 is 5.97 Å². The molecule has 1 heterocycles. The van der Waals surface area contributed by atoms with Gasteiger partial charge in [-0.1, -0.05) is 24.0 Å². The minimum atomic E-state index is -0.407. The summed E-state index contributed by atoms with van der Waals surface area (Å²) in [6.07, 6.45) is 3.11. The molecule has 3 rings (SSSR count). The first kappa shape index (κ1) is 19.3. The summed E-state index contributed by atoms with van der Waals surface area (Å²) in [7, 11) is 1.34. The molecule has 0 radical (unpaired) electrons. The van der Waals surface area contributed by atoms with Crippen LogP contribution in [0.4, 0.5) is 5.69 Å². The third-order valence-electron chi connectivity index (χ3n) is 3.72. The molecule has 0 aliphatic heterocycles. The number of nitrogens with zero attached hydrogens (tertiary/aromatic N) is 1. The topological polar surface area (TPSA) is 68.3 Å². The molecule has 0 fully saturated rings. The van der Waals surface area contributed by atoms with E-state index in [4.69, 9.17) is 4.74 Å². The minimum Gasteiger partial charge on any atom is -0.465 e. The zero-order valence-electron chi connectivity index (χ0n) is 14.9. The third kappa shape index (κ3) is 5.06. The van der Waals surface area contributed by atoms with Crippen molar-refractivity contribution in [3.05, 3.63) is 93.7 Å². The number of halogens is 1. The van der Waals surface area contributed by atoms with Crippen molar-refractivity contribution in [2.24, 2.45) is 0 Å². The third-order valence-corrected chi connectivity index (χ3v) is 4.16. The van der Waals surface area contributed by atoms with E-state index in [0.717, 1.165) is 10.0 Å². The van der Waals surface area contributed by atoms with Crippen molar-refractivity contribution in [2.75, 3.05) is 12.4 Å². The largest absolute Gasteiger partial charge is 0.465 e. The van der Waals surface area contributed by atoms with E-state index >= 15 is 0 Å². The molecule has 3 aromatic rings. The smallest absolute Gasteiger partial charge is 0.337 e. The molecule has 0 aliphatic carbocycles. The Labute approximate surface area is 170 Å². The van der Waals surface area contributed by atoms with Gasteiger partial charge in [0.05, 0.1) is 18.2 Å². The molecule has 0 spiro atoms. The van der Waals surface area contributed by atoms with Crippen molar-refractivity contribution in [1.29, 1.82) is 0 Å². The Balaban J connectivity index is 1.77. The fourth-order valence-corrected chi connectivity index (χ4v) is 2.76. The molecule has 1 amide bonds. The van der Waals surface area contributed by atoms with Crippen LogP contribution >= 0.6 is 15.9 Å². The number of rotatable bonds is 3. The molecule has 0 saturated carbocycles. The van der Waals surface area contributed by atoms with Crippen LogP contribution in [0.3, 0.4) is 0 Å². The number of esters is 1. The van der Waals surface area contributed by atoms with Gasteiger partial charge < -0.3 is 10.1 Å². The maximum Gasteiger partial charge on any atom is 0.337 e. The van der Waals surface area contributed by atoms with Gasteiger partial charge in [-0.15, -0.1) is 0 Å². The van der Waals surface area contributed by atoms with Crippen LogP contribution in [-0.2, 0) is 4.74 Å². The van der Waals surface area contributed by atoms with Crippen LogP contribution in [0.25, 0.3) is 0 Å². The average molecular weight is 435 g/mol. The van der Waals surface area contributed by atoms with Crippen LogP contribution in [-0.4, -0.2) is 24.0 Å². The number of hydrogen-bond acceptors (Lipinski definition) is 4. The summed E-state index contributed by atoms with van der Waals surface area (Å²) in [6, 6.07) is 15.8. The average Bonchev–Trinajstić information content (AvgIpc) is 2.72. The van der Waals surface area contributed by atoms with Crippen LogP contribution in [0, 0.1) is 11.8 Å². The summed E-state index contributed by atoms with van der Waals surface area (Å²) in [6.45, 7) is 0. The number of aromatic nitrogens is 1. The predicted octanol–water partition coefficient (Wildman–Crippen LogP) is 4.28. The number of carbonyl (C=O) groups excluding carboxylic acids is 2. The van der Waals surface area contributed by atoms with Crippen LogP contribution in [0.2, 0.25) is 0 Å². The van der Waals surface area contributed by atoms with E-state index in [-0.39, 0.29) is 5.91 Å². The van der Waals surface area contributed by atoms with E-state index in [1.54, 1.807) is 42.6 Å². The molecular weight excluding hydrogens is 420 g/mol. The lowest BCUT2D eigenvalue weighted by atomic mass is 10.1. The Morgan fingerprint density at radius 3 is 2.39 bits per heavy atom. The molecule has 6 heteroatoms.